The molecule has 2 nitrogen and oxygen atoms in total. The van der Waals surface area contributed by atoms with E-state index in [1.54, 1.807) is 6.07 Å². The number of aryl methyl sites for hydroxylation is 1. The molecule has 2 aromatic rings. The van der Waals surface area contributed by atoms with Crippen molar-refractivity contribution in [3.05, 3.63) is 52.0 Å². The van der Waals surface area contributed by atoms with Crippen molar-refractivity contribution in [2.45, 2.75) is 13.5 Å². The maximum Gasteiger partial charge on any atom is 0.137 e. The Morgan fingerprint density at radius 2 is 2.25 bits per heavy atom. The maximum absolute atomic E-state index is 13.2. The van der Waals surface area contributed by atoms with Crippen molar-refractivity contribution in [3.63, 3.8) is 0 Å². The molecular weight excluding hydrogens is 271 g/mol. The lowest BCUT2D eigenvalue weighted by molar-refractivity contribution is 0.620. The van der Waals surface area contributed by atoms with Crippen LogP contribution in [0, 0.1) is 12.7 Å². The number of aromatic nitrogens is 1. The Morgan fingerprint density at radius 1 is 1.44 bits per heavy atom. The van der Waals surface area contributed by atoms with Crippen LogP contribution < -0.4 is 5.32 Å². The summed E-state index contributed by atoms with van der Waals surface area (Å²) in [6.07, 6.45) is 1.88. The van der Waals surface area contributed by atoms with Gasteiger partial charge in [-0.05, 0) is 52.7 Å². The Hall–Kier alpha value is -1.29. The number of halogens is 2. The van der Waals surface area contributed by atoms with Crippen LogP contribution in [0.15, 0.2) is 34.9 Å². The van der Waals surface area contributed by atoms with Crippen molar-refractivity contribution in [2.24, 2.45) is 0 Å². The monoisotopic (exact) mass is 282 g/mol. The summed E-state index contributed by atoms with van der Waals surface area (Å²) >= 11 is 3.18. The molecule has 1 aromatic heterocycles. The van der Waals surface area contributed by atoms with Crippen LogP contribution in [0.1, 0.15) is 11.3 Å². The molecule has 0 saturated heterocycles. The molecule has 0 spiro atoms. The van der Waals surface area contributed by atoms with Crippen LogP contribution in [0.3, 0.4) is 0 Å². The molecule has 0 aliphatic heterocycles. The first-order valence-corrected chi connectivity index (χ1v) is 5.78. The van der Waals surface area contributed by atoms with E-state index in [2.05, 4.69) is 26.2 Å². The van der Waals surface area contributed by atoms with Gasteiger partial charge < -0.3 is 10.3 Å². The molecular formula is C12H12BrFN2. The zero-order chi connectivity index (χ0) is 11.5. The predicted molar refractivity (Wildman–Crippen MR) is 67.0 cm³/mol. The Labute approximate surface area is 102 Å². The second-order valence-corrected chi connectivity index (χ2v) is 4.48. The molecule has 0 aliphatic rings. The summed E-state index contributed by atoms with van der Waals surface area (Å²) in [5.74, 6) is -0.233. The van der Waals surface area contributed by atoms with Crippen LogP contribution in [0.5, 0.6) is 0 Å². The molecule has 0 unspecified atom stereocenters. The zero-order valence-electron chi connectivity index (χ0n) is 8.85. The van der Waals surface area contributed by atoms with E-state index in [9.17, 15) is 4.39 Å². The summed E-state index contributed by atoms with van der Waals surface area (Å²) in [6, 6.07) is 7.22. The number of aromatic amines is 1. The first-order valence-electron chi connectivity index (χ1n) is 4.98. The maximum atomic E-state index is 13.2. The highest BCUT2D eigenvalue weighted by Crippen LogP contribution is 2.24. The fourth-order valence-electron chi connectivity index (χ4n) is 1.50. The normalized spacial score (nSPS) is 10.4. The Morgan fingerprint density at radius 3 is 2.94 bits per heavy atom. The molecule has 1 heterocycles. The fraction of sp³-hybridized carbons (Fsp3) is 0.167. The number of rotatable bonds is 3. The summed E-state index contributed by atoms with van der Waals surface area (Å²) in [5.41, 5.74) is 2.93. The van der Waals surface area contributed by atoms with Gasteiger partial charge in [-0.2, -0.15) is 0 Å². The number of H-pyrrole nitrogens is 1. The van der Waals surface area contributed by atoms with Gasteiger partial charge in [-0.25, -0.2) is 4.39 Å². The van der Waals surface area contributed by atoms with Crippen LogP contribution in [0.4, 0.5) is 10.1 Å². The van der Waals surface area contributed by atoms with Crippen LogP contribution in [-0.2, 0) is 6.54 Å². The average Bonchev–Trinajstić information content (AvgIpc) is 2.74. The second-order valence-electron chi connectivity index (χ2n) is 3.63. The second kappa shape index (κ2) is 4.70. The van der Waals surface area contributed by atoms with Crippen LogP contribution >= 0.6 is 15.9 Å². The minimum absolute atomic E-state index is 0.233. The molecule has 4 heteroatoms. The summed E-state index contributed by atoms with van der Waals surface area (Å²) in [4.78, 5) is 3.10. The van der Waals surface area contributed by atoms with E-state index in [1.165, 1.54) is 6.07 Å². The van der Waals surface area contributed by atoms with Gasteiger partial charge in [0.15, 0.2) is 0 Å². The van der Waals surface area contributed by atoms with Crippen LogP contribution in [0.25, 0.3) is 0 Å². The number of hydrogen-bond donors (Lipinski definition) is 2. The Bertz CT molecular complexity index is 480. The highest BCUT2D eigenvalue weighted by molar-refractivity contribution is 9.10. The number of nitrogens with one attached hydrogen (secondary N) is 2. The summed E-state index contributed by atoms with van der Waals surface area (Å²) in [7, 11) is 0. The van der Waals surface area contributed by atoms with Gasteiger partial charge in [0.05, 0.1) is 11.0 Å². The van der Waals surface area contributed by atoms with Gasteiger partial charge in [0, 0.05) is 17.6 Å². The summed E-state index contributed by atoms with van der Waals surface area (Å²) < 4.78 is 13.7. The molecule has 0 radical (unpaired) electrons. The van der Waals surface area contributed by atoms with Gasteiger partial charge >= 0.3 is 0 Å². The molecule has 16 heavy (non-hydrogen) atoms. The van der Waals surface area contributed by atoms with E-state index in [4.69, 9.17) is 0 Å². The standard InChI is InChI=1S/C12H12BrFN2/c1-8-5-11(14)10(13)6-12(8)16-7-9-3-2-4-15-9/h2-6,15-16H,7H2,1H3. The highest BCUT2D eigenvalue weighted by atomic mass is 79.9. The fourth-order valence-corrected chi connectivity index (χ4v) is 1.85. The summed E-state index contributed by atoms with van der Waals surface area (Å²) in [5, 5.41) is 3.26. The number of hydrogen-bond acceptors (Lipinski definition) is 1. The first-order chi connectivity index (χ1) is 7.66. The Kier molecular flexibility index (Phi) is 3.29. The summed E-state index contributed by atoms with van der Waals surface area (Å²) in [6.45, 7) is 2.58. The zero-order valence-corrected chi connectivity index (χ0v) is 10.4. The van der Waals surface area contributed by atoms with Gasteiger partial charge in [0.1, 0.15) is 5.82 Å². The lowest BCUT2D eigenvalue weighted by Crippen LogP contribution is -2.01. The predicted octanol–water partition coefficient (Wildman–Crippen LogP) is 3.84. The molecule has 0 bridgehead atoms. The molecule has 0 saturated carbocycles. The van der Waals surface area contributed by atoms with Crippen molar-refractivity contribution in [1.82, 2.24) is 4.98 Å². The van der Waals surface area contributed by atoms with Crippen molar-refractivity contribution in [1.29, 1.82) is 0 Å². The third-order valence-corrected chi connectivity index (χ3v) is 3.01. The molecule has 0 amide bonds. The number of benzene rings is 1. The quantitative estimate of drug-likeness (QED) is 0.880. The molecule has 0 fully saturated rings. The molecule has 2 rings (SSSR count). The van der Waals surface area contributed by atoms with E-state index in [0.717, 1.165) is 16.9 Å². The van der Waals surface area contributed by atoms with E-state index in [1.807, 2.05) is 25.3 Å². The minimum Gasteiger partial charge on any atom is -0.379 e. The van der Waals surface area contributed by atoms with Gasteiger partial charge in [0.25, 0.3) is 0 Å². The third kappa shape index (κ3) is 2.44. The van der Waals surface area contributed by atoms with Gasteiger partial charge in [-0.3, -0.25) is 0 Å². The lowest BCUT2D eigenvalue weighted by Gasteiger charge is -2.09. The van der Waals surface area contributed by atoms with E-state index in [-0.39, 0.29) is 5.82 Å². The molecule has 0 aliphatic carbocycles. The Balaban J connectivity index is 2.12. The largest absolute Gasteiger partial charge is 0.379 e. The molecule has 84 valence electrons. The van der Waals surface area contributed by atoms with Gasteiger partial charge in [-0.15, -0.1) is 0 Å². The van der Waals surface area contributed by atoms with Gasteiger partial charge in [0.2, 0.25) is 0 Å². The minimum atomic E-state index is -0.233. The average molecular weight is 283 g/mol. The molecule has 2 N–H and O–H groups in total. The third-order valence-electron chi connectivity index (χ3n) is 2.40. The smallest absolute Gasteiger partial charge is 0.137 e. The van der Waals surface area contributed by atoms with Crippen molar-refractivity contribution in [3.8, 4) is 0 Å². The SMILES string of the molecule is Cc1cc(F)c(Br)cc1NCc1ccc[nH]1. The molecule has 1 aromatic carbocycles. The van der Waals surface area contributed by atoms with E-state index < -0.39 is 0 Å². The highest BCUT2D eigenvalue weighted by Gasteiger charge is 2.04. The van der Waals surface area contributed by atoms with Gasteiger partial charge in [-0.1, -0.05) is 0 Å². The number of anilines is 1. The van der Waals surface area contributed by atoms with Crippen LogP contribution in [0.2, 0.25) is 0 Å². The van der Waals surface area contributed by atoms with E-state index >= 15 is 0 Å². The molecule has 0 atom stereocenters. The van der Waals surface area contributed by atoms with Crippen molar-refractivity contribution < 1.29 is 4.39 Å². The van der Waals surface area contributed by atoms with E-state index in [0.29, 0.717) is 11.0 Å². The topological polar surface area (TPSA) is 27.8 Å². The van der Waals surface area contributed by atoms with Crippen LogP contribution in [-0.4, -0.2) is 4.98 Å². The first kappa shape index (κ1) is 11.2. The van der Waals surface area contributed by atoms with Crippen molar-refractivity contribution in [2.75, 3.05) is 5.32 Å². The lowest BCUT2D eigenvalue weighted by atomic mass is 10.2. The van der Waals surface area contributed by atoms with Crippen molar-refractivity contribution >= 4 is 21.6 Å².